The lowest BCUT2D eigenvalue weighted by molar-refractivity contribution is -0.146. The van der Waals surface area contributed by atoms with Gasteiger partial charge in [-0.2, -0.15) is 0 Å². The van der Waals surface area contributed by atoms with Gasteiger partial charge in [0.05, 0.1) is 12.5 Å². The summed E-state index contributed by atoms with van der Waals surface area (Å²) >= 11 is 0. The zero-order valence-electron chi connectivity index (χ0n) is 8.45. The Hall–Kier alpha value is -1.38. The monoisotopic (exact) mass is 194 g/mol. The molecule has 0 spiro atoms. The van der Waals surface area contributed by atoms with Gasteiger partial charge in [0.25, 0.3) is 0 Å². The normalized spacial score (nSPS) is 17.6. The standard InChI is InChI=1S/C11H14O3/c1-3-14-11(13)8(2)9-5-4-6-10(12)7-9/h4-6,8H,3,7H2,1-2H3. The SMILES string of the molecule is CCOC(=O)C(C)C1=CC=CC(=O)C1. The Morgan fingerprint density at radius 2 is 2.36 bits per heavy atom. The third-order valence-corrected chi connectivity index (χ3v) is 2.17. The predicted molar refractivity (Wildman–Crippen MR) is 52.6 cm³/mol. The first kappa shape index (κ1) is 10.7. The summed E-state index contributed by atoms with van der Waals surface area (Å²) in [6.07, 6.45) is 5.33. The lowest BCUT2D eigenvalue weighted by atomic mass is 9.93. The molecule has 0 heterocycles. The molecule has 0 N–H and O–H groups in total. The Balaban J connectivity index is 2.65. The number of esters is 1. The maximum atomic E-state index is 11.4. The average Bonchev–Trinajstić information content (AvgIpc) is 2.17. The first-order chi connectivity index (χ1) is 6.65. The van der Waals surface area contributed by atoms with Crippen molar-refractivity contribution in [3.8, 4) is 0 Å². The van der Waals surface area contributed by atoms with Gasteiger partial charge in [-0.1, -0.05) is 12.2 Å². The summed E-state index contributed by atoms with van der Waals surface area (Å²) in [5, 5.41) is 0. The minimum atomic E-state index is -0.316. The number of carbonyl (C=O) groups is 2. The van der Waals surface area contributed by atoms with Gasteiger partial charge in [-0.25, -0.2) is 0 Å². The van der Waals surface area contributed by atoms with Gasteiger partial charge in [0.2, 0.25) is 0 Å². The van der Waals surface area contributed by atoms with E-state index in [9.17, 15) is 9.59 Å². The Bertz CT molecular complexity index is 300. The molecule has 0 bridgehead atoms. The summed E-state index contributed by atoms with van der Waals surface area (Å²) in [5.41, 5.74) is 0.830. The van der Waals surface area contributed by atoms with Crippen molar-refractivity contribution in [1.82, 2.24) is 0 Å². The van der Waals surface area contributed by atoms with Crippen LogP contribution < -0.4 is 0 Å². The topological polar surface area (TPSA) is 43.4 Å². The summed E-state index contributed by atoms with van der Waals surface area (Å²) in [4.78, 5) is 22.4. The number of ketones is 1. The van der Waals surface area contributed by atoms with Crippen LogP contribution >= 0.6 is 0 Å². The van der Waals surface area contributed by atoms with E-state index in [0.717, 1.165) is 5.57 Å². The van der Waals surface area contributed by atoms with E-state index in [1.807, 2.05) is 6.08 Å². The molecule has 14 heavy (non-hydrogen) atoms. The van der Waals surface area contributed by atoms with E-state index >= 15 is 0 Å². The van der Waals surface area contributed by atoms with Crippen LogP contribution in [-0.4, -0.2) is 18.4 Å². The smallest absolute Gasteiger partial charge is 0.312 e. The highest BCUT2D eigenvalue weighted by Crippen LogP contribution is 2.19. The summed E-state index contributed by atoms with van der Waals surface area (Å²) in [5.74, 6) is -0.538. The maximum Gasteiger partial charge on any atom is 0.312 e. The van der Waals surface area contributed by atoms with Crippen molar-refractivity contribution >= 4 is 11.8 Å². The molecule has 3 nitrogen and oxygen atoms in total. The highest BCUT2D eigenvalue weighted by atomic mass is 16.5. The molecule has 1 atom stereocenters. The minimum absolute atomic E-state index is 0.0404. The summed E-state index contributed by atoms with van der Waals surface area (Å²) in [6, 6.07) is 0. The molecule has 0 amide bonds. The highest BCUT2D eigenvalue weighted by Gasteiger charge is 2.21. The minimum Gasteiger partial charge on any atom is -0.466 e. The van der Waals surface area contributed by atoms with Crippen molar-refractivity contribution in [2.45, 2.75) is 20.3 Å². The van der Waals surface area contributed by atoms with Crippen LogP contribution in [0, 0.1) is 5.92 Å². The van der Waals surface area contributed by atoms with E-state index in [1.165, 1.54) is 6.08 Å². The quantitative estimate of drug-likeness (QED) is 0.641. The van der Waals surface area contributed by atoms with Crippen molar-refractivity contribution in [3.05, 3.63) is 23.8 Å². The van der Waals surface area contributed by atoms with Crippen LogP contribution in [-0.2, 0) is 14.3 Å². The second-order valence-electron chi connectivity index (χ2n) is 3.22. The van der Waals surface area contributed by atoms with Crippen LogP contribution in [0.25, 0.3) is 0 Å². The van der Waals surface area contributed by atoms with Gasteiger partial charge in [-0.3, -0.25) is 9.59 Å². The van der Waals surface area contributed by atoms with Crippen molar-refractivity contribution in [2.24, 2.45) is 5.92 Å². The van der Waals surface area contributed by atoms with Crippen molar-refractivity contribution in [2.75, 3.05) is 6.61 Å². The molecule has 0 aromatic rings. The van der Waals surface area contributed by atoms with E-state index in [-0.39, 0.29) is 17.7 Å². The summed E-state index contributed by atoms with van der Waals surface area (Å²) < 4.78 is 4.88. The zero-order valence-corrected chi connectivity index (χ0v) is 8.45. The number of rotatable bonds is 3. The Kier molecular flexibility index (Phi) is 3.63. The molecule has 0 fully saturated rings. The van der Waals surface area contributed by atoms with Crippen LogP contribution in [0.1, 0.15) is 20.3 Å². The van der Waals surface area contributed by atoms with Crippen LogP contribution in [0.5, 0.6) is 0 Å². The molecule has 0 aromatic carbocycles. The van der Waals surface area contributed by atoms with E-state index in [1.54, 1.807) is 19.9 Å². The fraction of sp³-hybridized carbons (Fsp3) is 0.455. The predicted octanol–water partition coefficient (Wildman–Crippen LogP) is 1.64. The maximum absolute atomic E-state index is 11.4. The summed E-state index contributed by atoms with van der Waals surface area (Å²) in [7, 11) is 0. The number of ether oxygens (including phenoxy) is 1. The molecular weight excluding hydrogens is 180 g/mol. The van der Waals surface area contributed by atoms with Gasteiger partial charge >= 0.3 is 5.97 Å². The van der Waals surface area contributed by atoms with Gasteiger partial charge in [-0.05, 0) is 25.5 Å². The van der Waals surface area contributed by atoms with Crippen LogP contribution in [0.15, 0.2) is 23.8 Å². The molecule has 0 radical (unpaired) electrons. The lowest BCUT2D eigenvalue weighted by Crippen LogP contribution is -2.19. The molecule has 1 unspecified atom stereocenters. The molecule has 1 aliphatic rings. The van der Waals surface area contributed by atoms with Gasteiger partial charge in [0, 0.05) is 6.42 Å². The van der Waals surface area contributed by atoms with Crippen LogP contribution in [0.2, 0.25) is 0 Å². The molecule has 0 saturated heterocycles. The molecule has 0 saturated carbocycles. The lowest BCUT2D eigenvalue weighted by Gasteiger charge is -2.14. The van der Waals surface area contributed by atoms with Gasteiger partial charge in [0.15, 0.2) is 5.78 Å². The van der Waals surface area contributed by atoms with Gasteiger partial charge < -0.3 is 4.74 Å². The number of allylic oxidation sites excluding steroid dienone is 3. The Labute approximate surface area is 83.4 Å². The third kappa shape index (κ3) is 2.55. The van der Waals surface area contributed by atoms with E-state index in [0.29, 0.717) is 13.0 Å². The molecule has 1 rings (SSSR count). The molecule has 76 valence electrons. The van der Waals surface area contributed by atoms with E-state index in [4.69, 9.17) is 4.74 Å². The Morgan fingerprint density at radius 1 is 1.64 bits per heavy atom. The molecule has 1 aliphatic carbocycles. The average molecular weight is 194 g/mol. The van der Waals surface area contributed by atoms with Crippen molar-refractivity contribution in [3.63, 3.8) is 0 Å². The van der Waals surface area contributed by atoms with Gasteiger partial charge in [-0.15, -0.1) is 0 Å². The second kappa shape index (κ2) is 4.74. The van der Waals surface area contributed by atoms with E-state index in [2.05, 4.69) is 0 Å². The molecule has 0 aliphatic heterocycles. The largest absolute Gasteiger partial charge is 0.466 e. The number of carbonyl (C=O) groups excluding carboxylic acids is 2. The highest BCUT2D eigenvalue weighted by molar-refractivity contribution is 5.94. The van der Waals surface area contributed by atoms with Crippen LogP contribution in [0.4, 0.5) is 0 Å². The fourth-order valence-corrected chi connectivity index (χ4v) is 1.31. The fourth-order valence-electron chi connectivity index (χ4n) is 1.31. The zero-order chi connectivity index (χ0) is 10.6. The first-order valence-corrected chi connectivity index (χ1v) is 4.71. The third-order valence-electron chi connectivity index (χ3n) is 2.17. The second-order valence-corrected chi connectivity index (χ2v) is 3.22. The first-order valence-electron chi connectivity index (χ1n) is 4.71. The van der Waals surface area contributed by atoms with E-state index < -0.39 is 0 Å². The number of hydrogen-bond donors (Lipinski definition) is 0. The van der Waals surface area contributed by atoms with Crippen molar-refractivity contribution < 1.29 is 14.3 Å². The molecule has 3 heteroatoms. The van der Waals surface area contributed by atoms with Crippen LogP contribution in [0.3, 0.4) is 0 Å². The van der Waals surface area contributed by atoms with Crippen molar-refractivity contribution in [1.29, 1.82) is 0 Å². The molecule has 0 aromatic heterocycles. The summed E-state index contributed by atoms with van der Waals surface area (Å²) in [6.45, 7) is 3.90. The molecular formula is C11H14O3. The van der Waals surface area contributed by atoms with Gasteiger partial charge in [0.1, 0.15) is 0 Å². The number of hydrogen-bond acceptors (Lipinski definition) is 3. The Morgan fingerprint density at radius 3 is 2.93 bits per heavy atom.